The van der Waals surface area contributed by atoms with Gasteiger partial charge in [0.05, 0.1) is 18.4 Å². The third-order valence-electron chi connectivity index (χ3n) is 4.40. The van der Waals surface area contributed by atoms with E-state index < -0.39 is 12.0 Å². The molecule has 1 aliphatic heterocycles. The van der Waals surface area contributed by atoms with Crippen molar-refractivity contribution in [2.24, 2.45) is 5.10 Å². The Balaban J connectivity index is 1.42. The number of esters is 1. The van der Waals surface area contributed by atoms with Gasteiger partial charge in [-0.2, -0.15) is 5.10 Å². The number of amides is 2. The Labute approximate surface area is 165 Å². The van der Waals surface area contributed by atoms with Crippen LogP contribution in [0.4, 0.5) is 9.80 Å². The number of anilines is 1. The highest BCUT2D eigenvalue weighted by molar-refractivity contribution is 7.17. The summed E-state index contributed by atoms with van der Waals surface area (Å²) in [5.74, 6) is 0.918. The minimum Gasteiger partial charge on any atom is -0.462 e. The molecule has 2 amide bonds. The van der Waals surface area contributed by atoms with Crippen LogP contribution in [0, 0.1) is 0 Å². The molecule has 1 aromatic carbocycles. The number of hydrazone groups is 1. The lowest BCUT2D eigenvalue weighted by Gasteiger charge is -2.07. The first-order chi connectivity index (χ1) is 13.7. The van der Waals surface area contributed by atoms with Crippen LogP contribution in [-0.2, 0) is 17.6 Å². The molecule has 0 atom stereocenters. The van der Waals surface area contributed by atoms with Crippen molar-refractivity contribution in [3.63, 3.8) is 0 Å². The number of aryl methyl sites for hydroxylation is 1. The lowest BCUT2D eigenvalue weighted by Crippen LogP contribution is -2.25. The van der Waals surface area contributed by atoms with Crippen molar-refractivity contribution in [2.45, 2.75) is 26.2 Å². The van der Waals surface area contributed by atoms with E-state index in [-0.39, 0.29) is 13.4 Å². The Bertz CT molecular complexity index is 953. The Morgan fingerprint density at radius 3 is 3.00 bits per heavy atom. The third-order valence-corrected chi connectivity index (χ3v) is 5.61. The zero-order valence-corrected chi connectivity index (χ0v) is 16.1. The van der Waals surface area contributed by atoms with Crippen LogP contribution in [0.15, 0.2) is 23.3 Å². The fraction of sp³-hybridized carbons (Fsp3) is 0.316. The maximum Gasteiger partial charge on any atom is 0.341 e. The zero-order chi connectivity index (χ0) is 19.5. The van der Waals surface area contributed by atoms with Gasteiger partial charge in [0.25, 0.3) is 0 Å². The topological polar surface area (TPSA) is 98.2 Å². The van der Waals surface area contributed by atoms with Gasteiger partial charge in [-0.1, -0.05) is 0 Å². The average molecular weight is 401 g/mol. The van der Waals surface area contributed by atoms with E-state index in [0.29, 0.717) is 22.1 Å². The van der Waals surface area contributed by atoms with Gasteiger partial charge in [-0.25, -0.2) is 15.0 Å². The number of nitrogens with one attached hydrogen (secondary N) is 2. The molecule has 1 aromatic heterocycles. The van der Waals surface area contributed by atoms with Gasteiger partial charge < -0.3 is 14.2 Å². The number of ether oxygens (including phenoxy) is 3. The molecule has 1 aliphatic carbocycles. The molecule has 0 radical (unpaired) electrons. The monoisotopic (exact) mass is 401 g/mol. The molecule has 8 nitrogen and oxygen atoms in total. The number of thiophene rings is 1. The summed E-state index contributed by atoms with van der Waals surface area (Å²) in [5, 5.41) is 7.16. The summed E-state index contributed by atoms with van der Waals surface area (Å²) in [6.07, 6.45) is 4.26. The highest BCUT2D eigenvalue weighted by atomic mass is 32.1. The highest BCUT2D eigenvalue weighted by Crippen LogP contribution is 2.39. The fourth-order valence-electron chi connectivity index (χ4n) is 3.20. The number of hydrogen-bond acceptors (Lipinski definition) is 7. The molecule has 0 saturated carbocycles. The van der Waals surface area contributed by atoms with Crippen molar-refractivity contribution in [3.05, 3.63) is 39.8 Å². The van der Waals surface area contributed by atoms with Gasteiger partial charge in [0.15, 0.2) is 11.5 Å². The molecule has 4 rings (SSSR count). The fourth-order valence-corrected chi connectivity index (χ4v) is 4.47. The van der Waals surface area contributed by atoms with Crippen molar-refractivity contribution in [2.75, 3.05) is 18.7 Å². The second kappa shape index (κ2) is 7.89. The summed E-state index contributed by atoms with van der Waals surface area (Å²) in [5.41, 5.74) is 4.62. The van der Waals surface area contributed by atoms with Crippen LogP contribution < -0.4 is 20.2 Å². The molecule has 2 heterocycles. The number of hydrogen-bond donors (Lipinski definition) is 2. The molecular formula is C19H19N3O5S. The molecule has 0 bridgehead atoms. The molecule has 2 aromatic rings. The van der Waals surface area contributed by atoms with Gasteiger partial charge in [0, 0.05) is 4.88 Å². The van der Waals surface area contributed by atoms with Gasteiger partial charge in [-0.15, -0.1) is 11.3 Å². The first kappa shape index (κ1) is 18.3. The van der Waals surface area contributed by atoms with Gasteiger partial charge in [0.1, 0.15) is 5.00 Å². The number of rotatable bonds is 5. The molecule has 2 aliphatic rings. The average Bonchev–Trinajstić information content (AvgIpc) is 3.36. The van der Waals surface area contributed by atoms with E-state index in [1.807, 2.05) is 0 Å². The van der Waals surface area contributed by atoms with Crippen LogP contribution in [0.1, 0.15) is 39.7 Å². The first-order valence-corrected chi connectivity index (χ1v) is 9.78. The molecule has 9 heteroatoms. The van der Waals surface area contributed by atoms with Crippen LogP contribution in [0.3, 0.4) is 0 Å². The van der Waals surface area contributed by atoms with Crippen LogP contribution in [0.2, 0.25) is 0 Å². The summed E-state index contributed by atoms with van der Waals surface area (Å²) in [6, 6.07) is 4.83. The number of fused-ring (bicyclic) bond motifs is 2. The van der Waals surface area contributed by atoms with Crippen LogP contribution in [0.25, 0.3) is 0 Å². The van der Waals surface area contributed by atoms with Crippen molar-refractivity contribution in [1.82, 2.24) is 5.43 Å². The van der Waals surface area contributed by atoms with Crippen molar-refractivity contribution < 1.29 is 23.8 Å². The van der Waals surface area contributed by atoms with E-state index in [1.54, 1.807) is 25.1 Å². The molecule has 0 saturated heterocycles. The Morgan fingerprint density at radius 2 is 2.14 bits per heavy atom. The zero-order valence-electron chi connectivity index (χ0n) is 15.2. The molecule has 0 spiro atoms. The van der Waals surface area contributed by atoms with E-state index in [1.165, 1.54) is 17.6 Å². The lowest BCUT2D eigenvalue weighted by atomic mass is 10.1. The largest absolute Gasteiger partial charge is 0.462 e. The maximum atomic E-state index is 12.3. The number of carbonyl (C=O) groups is 2. The lowest BCUT2D eigenvalue weighted by molar-refractivity contribution is 0.0527. The summed E-state index contributed by atoms with van der Waals surface area (Å²) in [7, 11) is 0. The summed E-state index contributed by atoms with van der Waals surface area (Å²) in [4.78, 5) is 25.7. The first-order valence-electron chi connectivity index (χ1n) is 8.97. The predicted molar refractivity (Wildman–Crippen MR) is 105 cm³/mol. The molecule has 2 N–H and O–H groups in total. The van der Waals surface area contributed by atoms with Gasteiger partial charge in [-0.05, 0) is 55.5 Å². The molecular weight excluding hydrogens is 382 g/mol. The number of benzene rings is 1. The standard InChI is InChI=1S/C19H19N3O5S/c1-2-25-18(23)16-12-4-3-5-15(12)28-17(16)21-19(24)22-20-9-11-6-7-13-14(8-11)27-10-26-13/h6-9H,2-5,10H2,1H3,(H2,21,22,24). The van der Waals surface area contributed by atoms with Crippen LogP contribution in [0.5, 0.6) is 11.5 Å². The molecule has 28 heavy (non-hydrogen) atoms. The summed E-state index contributed by atoms with van der Waals surface area (Å²) < 4.78 is 15.7. The van der Waals surface area contributed by atoms with Crippen molar-refractivity contribution >= 4 is 34.6 Å². The van der Waals surface area contributed by atoms with Gasteiger partial charge in [0.2, 0.25) is 6.79 Å². The number of nitrogens with zero attached hydrogens (tertiary/aromatic N) is 1. The van der Waals surface area contributed by atoms with E-state index in [9.17, 15) is 9.59 Å². The SMILES string of the molecule is CCOC(=O)c1c(NC(=O)NN=Cc2ccc3c(c2)OCO3)sc2c1CCC2. The Kier molecular flexibility index (Phi) is 5.16. The van der Waals surface area contributed by atoms with E-state index in [2.05, 4.69) is 15.8 Å². The molecule has 146 valence electrons. The maximum absolute atomic E-state index is 12.3. The minimum absolute atomic E-state index is 0.199. The van der Waals surface area contributed by atoms with E-state index >= 15 is 0 Å². The molecule has 0 fully saturated rings. The second-order valence-corrected chi connectivity index (χ2v) is 7.32. The van der Waals surface area contributed by atoms with Gasteiger partial charge in [-0.3, -0.25) is 5.32 Å². The van der Waals surface area contributed by atoms with E-state index in [4.69, 9.17) is 14.2 Å². The second-order valence-electron chi connectivity index (χ2n) is 6.22. The van der Waals surface area contributed by atoms with Gasteiger partial charge >= 0.3 is 12.0 Å². The normalized spacial score (nSPS) is 14.2. The number of carbonyl (C=O) groups excluding carboxylic acids is 2. The molecule has 0 unspecified atom stereocenters. The summed E-state index contributed by atoms with van der Waals surface area (Å²) in [6.45, 7) is 2.24. The third kappa shape index (κ3) is 3.65. The Morgan fingerprint density at radius 1 is 1.29 bits per heavy atom. The smallest absolute Gasteiger partial charge is 0.341 e. The Hall–Kier alpha value is -3.07. The van der Waals surface area contributed by atoms with Crippen LogP contribution in [-0.4, -0.2) is 31.6 Å². The van der Waals surface area contributed by atoms with E-state index in [0.717, 1.165) is 35.3 Å². The summed E-state index contributed by atoms with van der Waals surface area (Å²) >= 11 is 1.42. The predicted octanol–water partition coefficient (Wildman–Crippen LogP) is 3.30. The quantitative estimate of drug-likeness (QED) is 0.455. The highest BCUT2D eigenvalue weighted by Gasteiger charge is 2.28. The minimum atomic E-state index is -0.525. The van der Waals surface area contributed by atoms with Crippen molar-refractivity contribution in [3.8, 4) is 11.5 Å². The van der Waals surface area contributed by atoms with Crippen LogP contribution >= 0.6 is 11.3 Å². The van der Waals surface area contributed by atoms with Crippen molar-refractivity contribution in [1.29, 1.82) is 0 Å². The number of urea groups is 1.